The Hall–Kier alpha value is -2.12. The standard InChI is InChI=1S/C19H32N4O4/c1-4-13(2)21-19(27)22-11-9-15-18(22)16(25)12-23(15)17(26)8-6-5-7-10-20-14(3)24/h13,15,18H,4-12H2,1-3H3,(H,20,24)(H,21,27)/t13?,15-,18+/m1/s1. The molecule has 152 valence electrons. The van der Waals surface area contributed by atoms with Gasteiger partial charge in [-0.2, -0.15) is 0 Å². The highest BCUT2D eigenvalue weighted by Gasteiger charge is 2.51. The van der Waals surface area contributed by atoms with Gasteiger partial charge in [0, 0.05) is 32.5 Å². The molecule has 0 aromatic rings. The highest BCUT2D eigenvalue weighted by atomic mass is 16.2. The molecule has 4 amide bonds. The summed E-state index contributed by atoms with van der Waals surface area (Å²) in [5.41, 5.74) is 0. The average Bonchev–Trinajstić information content (AvgIpc) is 3.19. The number of hydrogen-bond acceptors (Lipinski definition) is 4. The van der Waals surface area contributed by atoms with Crippen molar-refractivity contribution in [2.45, 2.75) is 77.4 Å². The summed E-state index contributed by atoms with van der Waals surface area (Å²) in [6.45, 7) is 6.64. The van der Waals surface area contributed by atoms with Crippen molar-refractivity contribution >= 4 is 23.6 Å². The van der Waals surface area contributed by atoms with Gasteiger partial charge < -0.3 is 20.4 Å². The first kappa shape index (κ1) is 21.2. The van der Waals surface area contributed by atoms with Crippen LogP contribution in [0.5, 0.6) is 0 Å². The topological polar surface area (TPSA) is 98.8 Å². The lowest BCUT2D eigenvalue weighted by Crippen LogP contribution is -2.49. The van der Waals surface area contributed by atoms with E-state index in [0.29, 0.717) is 25.9 Å². The third kappa shape index (κ3) is 5.43. The van der Waals surface area contributed by atoms with Gasteiger partial charge in [-0.1, -0.05) is 13.3 Å². The zero-order chi connectivity index (χ0) is 20.0. The van der Waals surface area contributed by atoms with Crippen LogP contribution < -0.4 is 10.6 Å². The average molecular weight is 380 g/mol. The third-order valence-corrected chi connectivity index (χ3v) is 5.43. The Bertz CT molecular complexity index is 580. The van der Waals surface area contributed by atoms with Crippen LogP contribution in [0, 0.1) is 0 Å². The molecule has 0 bridgehead atoms. The van der Waals surface area contributed by atoms with E-state index in [1.807, 2.05) is 13.8 Å². The molecule has 0 aromatic heterocycles. The molecule has 2 N–H and O–H groups in total. The predicted octanol–water partition coefficient (Wildman–Crippen LogP) is 1.05. The smallest absolute Gasteiger partial charge is 0.318 e. The molecule has 0 aliphatic carbocycles. The lowest BCUT2D eigenvalue weighted by Gasteiger charge is -2.25. The molecule has 8 nitrogen and oxygen atoms in total. The molecule has 1 unspecified atom stereocenters. The minimum absolute atomic E-state index is 0.0143. The zero-order valence-corrected chi connectivity index (χ0v) is 16.6. The molecule has 2 heterocycles. The molecule has 0 saturated carbocycles. The lowest BCUT2D eigenvalue weighted by molar-refractivity contribution is -0.133. The number of unbranched alkanes of at least 4 members (excludes halogenated alkanes) is 2. The Morgan fingerprint density at radius 2 is 1.93 bits per heavy atom. The minimum atomic E-state index is -0.502. The maximum atomic E-state index is 12.6. The first-order valence-corrected chi connectivity index (χ1v) is 9.98. The van der Waals surface area contributed by atoms with Crippen LogP contribution in [0.25, 0.3) is 0 Å². The second kappa shape index (κ2) is 9.71. The van der Waals surface area contributed by atoms with Crippen LogP contribution in [-0.2, 0) is 14.4 Å². The van der Waals surface area contributed by atoms with Crippen LogP contribution >= 0.6 is 0 Å². The fourth-order valence-corrected chi connectivity index (χ4v) is 3.75. The number of amides is 4. The summed E-state index contributed by atoms with van der Waals surface area (Å²) >= 11 is 0. The SMILES string of the molecule is CCC(C)NC(=O)N1CC[C@@H]2[C@H]1C(=O)CN2C(=O)CCCCCNC(C)=O. The van der Waals surface area contributed by atoms with Crippen LogP contribution in [0.15, 0.2) is 0 Å². The lowest BCUT2D eigenvalue weighted by atomic mass is 10.1. The van der Waals surface area contributed by atoms with Crippen molar-refractivity contribution < 1.29 is 19.2 Å². The van der Waals surface area contributed by atoms with E-state index >= 15 is 0 Å². The van der Waals surface area contributed by atoms with Gasteiger partial charge in [0.15, 0.2) is 5.78 Å². The van der Waals surface area contributed by atoms with Crippen LogP contribution in [0.4, 0.5) is 4.79 Å². The van der Waals surface area contributed by atoms with E-state index < -0.39 is 6.04 Å². The second-order valence-electron chi connectivity index (χ2n) is 7.53. The van der Waals surface area contributed by atoms with E-state index in [4.69, 9.17) is 0 Å². The van der Waals surface area contributed by atoms with E-state index in [9.17, 15) is 19.2 Å². The molecule has 2 fully saturated rings. The van der Waals surface area contributed by atoms with E-state index in [-0.39, 0.29) is 42.3 Å². The molecule has 27 heavy (non-hydrogen) atoms. The third-order valence-electron chi connectivity index (χ3n) is 5.43. The maximum absolute atomic E-state index is 12.6. The number of nitrogens with one attached hydrogen (secondary N) is 2. The minimum Gasteiger partial charge on any atom is -0.356 e. The molecule has 3 atom stereocenters. The maximum Gasteiger partial charge on any atom is 0.318 e. The Kier molecular flexibility index (Phi) is 7.62. The summed E-state index contributed by atoms with van der Waals surface area (Å²) in [6, 6.07) is -0.842. The van der Waals surface area contributed by atoms with Gasteiger partial charge in [-0.15, -0.1) is 0 Å². The van der Waals surface area contributed by atoms with E-state index in [2.05, 4.69) is 10.6 Å². The molecule has 2 rings (SSSR count). The Morgan fingerprint density at radius 1 is 1.19 bits per heavy atom. The van der Waals surface area contributed by atoms with Gasteiger partial charge in [0.2, 0.25) is 11.8 Å². The highest BCUT2D eigenvalue weighted by molar-refractivity contribution is 5.97. The summed E-state index contributed by atoms with van der Waals surface area (Å²) in [5, 5.41) is 5.65. The van der Waals surface area contributed by atoms with Crippen LogP contribution in [0.1, 0.15) is 59.3 Å². The summed E-state index contributed by atoms with van der Waals surface area (Å²) in [4.78, 5) is 51.5. The number of carbonyl (C=O) groups excluding carboxylic acids is 4. The van der Waals surface area contributed by atoms with Gasteiger partial charge in [-0.3, -0.25) is 14.4 Å². The van der Waals surface area contributed by atoms with Crippen molar-refractivity contribution in [3.05, 3.63) is 0 Å². The van der Waals surface area contributed by atoms with Crippen molar-refractivity contribution in [3.8, 4) is 0 Å². The number of likely N-dealkylation sites (tertiary alicyclic amines) is 2. The normalized spacial score (nSPS) is 22.6. The first-order valence-electron chi connectivity index (χ1n) is 9.98. The zero-order valence-electron chi connectivity index (χ0n) is 16.6. The number of nitrogens with zero attached hydrogens (tertiary/aromatic N) is 2. The first-order chi connectivity index (χ1) is 12.8. The second-order valence-corrected chi connectivity index (χ2v) is 7.53. The molecule has 2 saturated heterocycles. The van der Waals surface area contributed by atoms with Crippen LogP contribution in [0.3, 0.4) is 0 Å². The van der Waals surface area contributed by atoms with Crippen LogP contribution in [-0.4, -0.2) is 71.2 Å². The van der Waals surface area contributed by atoms with Gasteiger partial charge in [0.05, 0.1) is 12.6 Å². The monoisotopic (exact) mass is 380 g/mol. The summed E-state index contributed by atoms with van der Waals surface area (Å²) in [6.07, 6.45) is 4.30. The fraction of sp³-hybridized carbons (Fsp3) is 0.789. The molecular formula is C19H32N4O4. The Labute approximate surface area is 161 Å². The van der Waals surface area contributed by atoms with Gasteiger partial charge in [0.1, 0.15) is 6.04 Å². The predicted molar refractivity (Wildman–Crippen MR) is 101 cm³/mol. The van der Waals surface area contributed by atoms with Gasteiger partial charge >= 0.3 is 6.03 Å². The summed E-state index contributed by atoms with van der Waals surface area (Å²) in [7, 11) is 0. The largest absolute Gasteiger partial charge is 0.356 e. The summed E-state index contributed by atoms with van der Waals surface area (Å²) < 4.78 is 0. The van der Waals surface area contributed by atoms with Gasteiger partial charge in [-0.25, -0.2) is 4.79 Å². The molecule has 0 spiro atoms. The fourth-order valence-electron chi connectivity index (χ4n) is 3.75. The number of rotatable bonds is 8. The van der Waals surface area contributed by atoms with Crippen LogP contribution in [0.2, 0.25) is 0 Å². The van der Waals surface area contributed by atoms with Gasteiger partial charge in [-0.05, 0) is 32.6 Å². The van der Waals surface area contributed by atoms with E-state index in [1.54, 1.807) is 9.80 Å². The number of fused-ring (bicyclic) bond motifs is 1. The number of ketones is 1. The van der Waals surface area contributed by atoms with Crippen molar-refractivity contribution in [1.82, 2.24) is 20.4 Å². The van der Waals surface area contributed by atoms with Crippen molar-refractivity contribution in [2.24, 2.45) is 0 Å². The van der Waals surface area contributed by atoms with Crippen molar-refractivity contribution in [3.63, 3.8) is 0 Å². The number of carbonyl (C=O) groups is 4. The van der Waals surface area contributed by atoms with Crippen molar-refractivity contribution in [2.75, 3.05) is 19.6 Å². The number of urea groups is 1. The molecular weight excluding hydrogens is 348 g/mol. The van der Waals surface area contributed by atoms with Crippen molar-refractivity contribution in [1.29, 1.82) is 0 Å². The van der Waals surface area contributed by atoms with Gasteiger partial charge in [0.25, 0.3) is 0 Å². The number of hydrogen-bond donors (Lipinski definition) is 2. The molecule has 8 heteroatoms. The number of Topliss-reactive ketones (excluding diaryl/α,β-unsaturated/α-hetero) is 1. The van der Waals surface area contributed by atoms with E-state index in [0.717, 1.165) is 25.7 Å². The molecule has 2 aliphatic rings. The quantitative estimate of drug-likeness (QED) is 0.615. The summed E-state index contributed by atoms with van der Waals surface area (Å²) in [5.74, 6) is -0.105. The highest BCUT2D eigenvalue weighted by Crippen LogP contribution is 2.30. The molecule has 2 aliphatic heterocycles. The Balaban J connectivity index is 1.81. The Morgan fingerprint density at radius 3 is 2.59 bits per heavy atom. The molecule has 0 aromatic carbocycles. The molecule has 0 radical (unpaired) electrons. The van der Waals surface area contributed by atoms with E-state index in [1.165, 1.54) is 6.92 Å².